The Labute approximate surface area is 77.5 Å². The zero-order valence-electron chi connectivity index (χ0n) is 7.67. The zero-order chi connectivity index (χ0) is 9.26. The van der Waals surface area contributed by atoms with Crippen molar-refractivity contribution in [2.24, 2.45) is 0 Å². The second-order valence-electron chi connectivity index (χ2n) is 3.44. The predicted octanol–water partition coefficient (Wildman–Crippen LogP) is 2.24. The molecule has 0 saturated heterocycles. The van der Waals surface area contributed by atoms with Crippen LogP contribution in [0.15, 0.2) is 18.2 Å². The van der Waals surface area contributed by atoms with Crippen LogP contribution in [0.2, 0.25) is 0 Å². The van der Waals surface area contributed by atoms with Crippen molar-refractivity contribution in [3.63, 3.8) is 0 Å². The molecule has 1 aliphatic rings. The average molecular weight is 176 g/mol. The summed E-state index contributed by atoms with van der Waals surface area (Å²) in [5.74, 6) is 0.635. The average Bonchev–Trinajstić information content (AvgIpc) is 2.25. The van der Waals surface area contributed by atoms with E-state index in [1.807, 2.05) is 19.1 Å². The molecule has 0 saturated carbocycles. The normalized spacial score (nSPS) is 15.9. The van der Waals surface area contributed by atoms with Crippen molar-refractivity contribution in [2.45, 2.75) is 26.2 Å². The van der Waals surface area contributed by atoms with Gasteiger partial charge in [-0.05, 0) is 31.4 Å². The summed E-state index contributed by atoms with van der Waals surface area (Å²) in [5.41, 5.74) is 2.38. The Morgan fingerprint density at radius 1 is 1.31 bits per heavy atom. The summed E-state index contributed by atoms with van der Waals surface area (Å²) < 4.78 is 5.17. The monoisotopic (exact) mass is 176 g/mol. The number of hydrogen-bond acceptors (Lipinski definition) is 2. The molecule has 0 bridgehead atoms. The maximum atomic E-state index is 11.1. The van der Waals surface area contributed by atoms with Gasteiger partial charge in [-0.2, -0.15) is 0 Å². The van der Waals surface area contributed by atoms with Crippen LogP contribution in [0.4, 0.5) is 0 Å². The molecule has 0 radical (unpaired) electrons. The van der Waals surface area contributed by atoms with Gasteiger partial charge >= 0.3 is 5.97 Å². The van der Waals surface area contributed by atoms with Crippen LogP contribution in [0.25, 0.3) is 0 Å². The van der Waals surface area contributed by atoms with E-state index in [1.54, 1.807) is 0 Å². The number of benzene rings is 1. The maximum Gasteiger partial charge on any atom is 0.311 e. The van der Waals surface area contributed by atoms with E-state index >= 15 is 0 Å². The quantitative estimate of drug-likeness (QED) is 0.447. The van der Waals surface area contributed by atoms with Crippen LogP contribution in [0.3, 0.4) is 0 Å². The highest BCUT2D eigenvalue weighted by Crippen LogP contribution is 2.25. The highest BCUT2D eigenvalue weighted by atomic mass is 16.5. The molecular weight excluding hydrogens is 164 g/mol. The van der Waals surface area contributed by atoms with Crippen LogP contribution in [0.5, 0.6) is 5.75 Å². The third kappa shape index (κ3) is 1.72. The summed E-state index contributed by atoms with van der Waals surface area (Å²) >= 11 is 0. The first kappa shape index (κ1) is 8.30. The molecule has 13 heavy (non-hydrogen) atoms. The Balaban J connectivity index is 2.40. The molecule has 0 amide bonds. The minimum absolute atomic E-state index is 0.109. The molecule has 2 nitrogen and oxygen atoms in total. The number of rotatable bonds is 0. The topological polar surface area (TPSA) is 26.3 Å². The largest absolute Gasteiger partial charge is 0.426 e. The molecule has 1 aliphatic heterocycles. The van der Waals surface area contributed by atoms with Crippen LogP contribution in [0, 0.1) is 6.92 Å². The number of ether oxygens (including phenoxy) is 1. The number of aryl methyl sites for hydroxylation is 2. The second-order valence-corrected chi connectivity index (χ2v) is 3.44. The van der Waals surface area contributed by atoms with Crippen molar-refractivity contribution in [1.29, 1.82) is 0 Å². The third-order valence-corrected chi connectivity index (χ3v) is 2.27. The summed E-state index contributed by atoms with van der Waals surface area (Å²) in [5, 5.41) is 0. The van der Waals surface area contributed by atoms with E-state index in [9.17, 15) is 4.79 Å². The van der Waals surface area contributed by atoms with Gasteiger partial charge in [-0.25, -0.2) is 0 Å². The van der Waals surface area contributed by atoms with Gasteiger partial charge in [0.05, 0.1) is 0 Å². The molecular formula is C11H12O2. The SMILES string of the molecule is Cc1ccc2c(c1)CCCC(=O)O2. The summed E-state index contributed by atoms with van der Waals surface area (Å²) in [6.07, 6.45) is 2.38. The molecule has 0 N–H and O–H groups in total. The lowest BCUT2D eigenvalue weighted by molar-refractivity contribution is -0.134. The molecule has 0 atom stereocenters. The van der Waals surface area contributed by atoms with E-state index in [1.165, 1.54) is 5.56 Å². The van der Waals surface area contributed by atoms with Gasteiger partial charge in [-0.1, -0.05) is 17.7 Å². The van der Waals surface area contributed by atoms with Crippen molar-refractivity contribution in [2.75, 3.05) is 0 Å². The number of carbonyl (C=O) groups excluding carboxylic acids is 1. The van der Waals surface area contributed by atoms with E-state index < -0.39 is 0 Å². The standard InChI is InChI=1S/C11H12O2/c1-8-5-6-10-9(7-8)3-2-4-11(12)13-10/h5-7H,2-4H2,1H3. The molecule has 1 heterocycles. The number of esters is 1. The first-order valence-corrected chi connectivity index (χ1v) is 4.56. The van der Waals surface area contributed by atoms with E-state index in [0.717, 1.165) is 24.2 Å². The van der Waals surface area contributed by atoms with Crippen LogP contribution < -0.4 is 4.74 Å². The molecule has 0 aromatic heterocycles. The van der Waals surface area contributed by atoms with E-state index in [-0.39, 0.29) is 5.97 Å². The molecule has 0 aliphatic carbocycles. The number of fused-ring (bicyclic) bond motifs is 1. The smallest absolute Gasteiger partial charge is 0.311 e. The fourth-order valence-corrected chi connectivity index (χ4v) is 1.60. The van der Waals surface area contributed by atoms with Crippen molar-refractivity contribution in [3.05, 3.63) is 29.3 Å². The molecule has 2 heteroatoms. The van der Waals surface area contributed by atoms with Gasteiger partial charge in [0.25, 0.3) is 0 Å². The Morgan fingerprint density at radius 2 is 2.15 bits per heavy atom. The first-order valence-electron chi connectivity index (χ1n) is 4.56. The number of carbonyl (C=O) groups is 1. The molecule has 68 valence electrons. The van der Waals surface area contributed by atoms with E-state index in [2.05, 4.69) is 6.07 Å². The van der Waals surface area contributed by atoms with Crippen molar-refractivity contribution >= 4 is 5.97 Å². The van der Waals surface area contributed by atoms with Gasteiger partial charge in [-0.15, -0.1) is 0 Å². The van der Waals surface area contributed by atoms with Crippen LogP contribution >= 0.6 is 0 Å². The lowest BCUT2D eigenvalue weighted by Gasteiger charge is -2.05. The fraction of sp³-hybridized carbons (Fsp3) is 0.364. The van der Waals surface area contributed by atoms with Gasteiger partial charge in [0.2, 0.25) is 0 Å². The van der Waals surface area contributed by atoms with Crippen LogP contribution in [0.1, 0.15) is 24.0 Å². The molecule has 2 rings (SSSR count). The lowest BCUT2D eigenvalue weighted by atomic mass is 10.1. The predicted molar refractivity (Wildman–Crippen MR) is 49.8 cm³/mol. The molecule has 0 spiro atoms. The minimum Gasteiger partial charge on any atom is -0.426 e. The van der Waals surface area contributed by atoms with Crippen LogP contribution in [-0.4, -0.2) is 5.97 Å². The van der Waals surface area contributed by atoms with Gasteiger partial charge in [0.1, 0.15) is 5.75 Å². The summed E-state index contributed by atoms with van der Waals surface area (Å²) in [6, 6.07) is 5.94. The van der Waals surface area contributed by atoms with Gasteiger partial charge in [0, 0.05) is 6.42 Å². The Kier molecular flexibility index (Phi) is 2.05. The molecule has 1 aromatic rings. The molecule has 0 unspecified atom stereocenters. The minimum atomic E-state index is -0.109. The van der Waals surface area contributed by atoms with Crippen molar-refractivity contribution in [3.8, 4) is 5.75 Å². The zero-order valence-corrected chi connectivity index (χ0v) is 7.67. The second kappa shape index (κ2) is 3.21. The summed E-state index contributed by atoms with van der Waals surface area (Å²) in [6.45, 7) is 2.05. The molecule has 1 aromatic carbocycles. The summed E-state index contributed by atoms with van der Waals surface area (Å²) in [4.78, 5) is 11.1. The van der Waals surface area contributed by atoms with Crippen LogP contribution in [-0.2, 0) is 11.2 Å². The third-order valence-electron chi connectivity index (χ3n) is 2.27. The van der Waals surface area contributed by atoms with E-state index in [4.69, 9.17) is 4.74 Å². The number of hydrogen-bond donors (Lipinski definition) is 0. The highest BCUT2D eigenvalue weighted by Gasteiger charge is 2.14. The lowest BCUT2D eigenvalue weighted by Crippen LogP contribution is -2.05. The fourth-order valence-electron chi connectivity index (χ4n) is 1.60. The van der Waals surface area contributed by atoms with E-state index in [0.29, 0.717) is 6.42 Å². The van der Waals surface area contributed by atoms with Gasteiger partial charge in [0.15, 0.2) is 0 Å². The van der Waals surface area contributed by atoms with Crippen molar-refractivity contribution < 1.29 is 9.53 Å². The Bertz CT molecular complexity index is 342. The highest BCUT2D eigenvalue weighted by molar-refractivity contribution is 5.73. The summed E-state index contributed by atoms with van der Waals surface area (Å²) in [7, 11) is 0. The Morgan fingerprint density at radius 3 is 3.00 bits per heavy atom. The molecule has 0 fully saturated rings. The maximum absolute atomic E-state index is 11.1. The van der Waals surface area contributed by atoms with Gasteiger partial charge in [-0.3, -0.25) is 4.79 Å². The first-order chi connectivity index (χ1) is 6.25. The van der Waals surface area contributed by atoms with Gasteiger partial charge < -0.3 is 4.74 Å². The van der Waals surface area contributed by atoms with Crippen molar-refractivity contribution in [1.82, 2.24) is 0 Å². The Hall–Kier alpha value is -1.31.